The molecule has 80 heavy (non-hydrogen) atoms. The number of carbonyl (C=O) groups excluding carboxylic acids is 1. The van der Waals surface area contributed by atoms with E-state index in [9.17, 15) is 4.79 Å². The van der Waals surface area contributed by atoms with Gasteiger partial charge >= 0.3 is 0 Å². The maximum Gasteiger partial charge on any atom is 0.160 e. The smallest absolute Gasteiger partial charge is 0.160 e. The van der Waals surface area contributed by atoms with Crippen molar-refractivity contribution in [3.63, 3.8) is 0 Å². The normalized spacial score (nSPS) is 11.0. The van der Waals surface area contributed by atoms with Crippen molar-refractivity contribution in [2.75, 3.05) is 4.90 Å². The number of rotatable bonds is 16. The van der Waals surface area contributed by atoms with Gasteiger partial charge in [-0.2, -0.15) is 0 Å². The summed E-state index contributed by atoms with van der Waals surface area (Å²) in [6.45, 7) is 0. The molecule has 0 aliphatic heterocycles. The van der Waals surface area contributed by atoms with E-state index in [0.717, 1.165) is 72.0 Å². The van der Waals surface area contributed by atoms with Gasteiger partial charge in [-0.25, -0.2) is 0 Å². The van der Waals surface area contributed by atoms with E-state index in [1.54, 1.807) is 0 Å². The molecule has 0 aliphatic carbocycles. The van der Waals surface area contributed by atoms with E-state index in [4.69, 9.17) is 0 Å². The van der Waals surface area contributed by atoms with E-state index in [1.807, 2.05) is 12.1 Å². The highest BCUT2D eigenvalue weighted by Crippen LogP contribution is 2.41. The van der Waals surface area contributed by atoms with Gasteiger partial charge in [-0.3, -0.25) is 4.79 Å². The molecule has 0 bridgehead atoms. The third kappa shape index (κ3) is 11.3. The van der Waals surface area contributed by atoms with Crippen LogP contribution >= 0.6 is 11.3 Å². The van der Waals surface area contributed by atoms with Gasteiger partial charge in [-0.1, -0.05) is 273 Å². The molecule has 0 saturated carbocycles. The van der Waals surface area contributed by atoms with Crippen LogP contribution in [0.25, 0.3) is 56.7 Å². The van der Waals surface area contributed by atoms with Crippen molar-refractivity contribution in [2.24, 2.45) is 0 Å². The molecule has 0 amide bonds. The number of anilines is 3. The summed E-state index contributed by atoms with van der Waals surface area (Å²) in [5.41, 5.74) is 22.8. The lowest BCUT2D eigenvalue weighted by molar-refractivity contribution is 0.112. The molecule has 11 aromatic carbocycles. The first-order valence-corrected chi connectivity index (χ1v) is 27.8. The van der Waals surface area contributed by atoms with E-state index in [-0.39, 0.29) is 0 Å². The van der Waals surface area contributed by atoms with E-state index in [0.29, 0.717) is 0 Å². The van der Waals surface area contributed by atoms with Crippen LogP contribution in [0.5, 0.6) is 0 Å². The first-order chi connectivity index (χ1) is 39.6. The highest BCUT2D eigenvalue weighted by molar-refractivity contribution is 7.14. The van der Waals surface area contributed by atoms with E-state index < -0.39 is 0 Å². The van der Waals surface area contributed by atoms with Gasteiger partial charge in [0.05, 0.1) is 4.88 Å². The van der Waals surface area contributed by atoms with Crippen molar-refractivity contribution in [3.8, 4) is 22.3 Å². The lowest BCUT2D eigenvalue weighted by Crippen LogP contribution is -2.09. The second-order valence-corrected chi connectivity index (χ2v) is 20.7. The molecule has 0 radical (unpaired) electrons. The Labute approximate surface area is 473 Å². The zero-order valence-electron chi connectivity index (χ0n) is 44.0. The molecule has 1 aromatic heterocycles. The second kappa shape index (κ2) is 24.0. The summed E-state index contributed by atoms with van der Waals surface area (Å²) in [5.74, 6) is 0. The van der Waals surface area contributed by atoms with Crippen molar-refractivity contribution >= 4 is 69.1 Å². The fraction of sp³-hybridized carbons (Fsp3) is 0. The van der Waals surface area contributed by atoms with Crippen molar-refractivity contribution in [3.05, 3.63) is 375 Å². The quantitative estimate of drug-likeness (QED) is 0.0710. The summed E-state index contributed by atoms with van der Waals surface area (Å²) in [7, 11) is 0. The van der Waals surface area contributed by atoms with Gasteiger partial charge in [-0.05, 0) is 149 Å². The number of hydrogen-bond donors (Lipinski definition) is 0. The second-order valence-electron chi connectivity index (χ2n) is 19.6. The molecule has 3 heteroatoms. The summed E-state index contributed by atoms with van der Waals surface area (Å²) in [4.78, 5) is 15.4. The third-order valence-electron chi connectivity index (χ3n) is 14.5. The Bertz CT molecular complexity index is 3770. The summed E-state index contributed by atoms with van der Waals surface area (Å²) < 4.78 is 0. The highest BCUT2D eigenvalue weighted by atomic mass is 32.1. The zero-order chi connectivity index (χ0) is 53.9. The Morgan fingerprint density at radius 3 is 0.775 bits per heavy atom. The summed E-state index contributed by atoms with van der Waals surface area (Å²) in [6, 6.07) is 113. The van der Waals surface area contributed by atoms with Crippen LogP contribution in [0.4, 0.5) is 17.1 Å². The fourth-order valence-electron chi connectivity index (χ4n) is 10.6. The van der Waals surface area contributed by atoms with Crippen molar-refractivity contribution < 1.29 is 4.79 Å². The van der Waals surface area contributed by atoms with E-state index in [2.05, 4.69) is 320 Å². The Hall–Kier alpha value is -10.2. The molecule has 0 saturated heterocycles. The van der Waals surface area contributed by atoms with Gasteiger partial charge in [0.25, 0.3) is 0 Å². The molecule has 0 fully saturated rings. The predicted molar refractivity (Wildman–Crippen MR) is 339 cm³/mol. The summed E-state index contributed by atoms with van der Waals surface area (Å²) >= 11 is 1.49. The molecule has 0 N–H and O–H groups in total. The van der Waals surface area contributed by atoms with Gasteiger partial charge < -0.3 is 4.90 Å². The van der Waals surface area contributed by atoms with Gasteiger partial charge in [0, 0.05) is 21.9 Å². The minimum absolute atomic E-state index is 0.720. The molecule has 12 aromatic rings. The maximum absolute atomic E-state index is 11.4. The van der Waals surface area contributed by atoms with Crippen LogP contribution < -0.4 is 4.90 Å². The number of aldehydes is 1. The van der Waals surface area contributed by atoms with E-state index in [1.165, 1.54) is 67.0 Å². The maximum atomic E-state index is 11.4. The topological polar surface area (TPSA) is 20.3 Å². The van der Waals surface area contributed by atoms with Gasteiger partial charge in [0.2, 0.25) is 0 Å². The van der Waals surface area contributed by atoms with Crippen LogP contribution in [0.3, 0.4) is 0 Å². The molecule has 12 rings (SSSR count). The number of carbonyl (C=O) groups is 1. The first-order valence-electron chi connectivity index (χ1n) is 27.0. The molecule has 1 heterocycles. The van der Waals surface area contributed by atoms with Gasteiger partial charge in [0.15, 0.2) is 6.29 Å². The van der Waals surface area contributed by atoms with Crippen LogP contribution in [0.2, 0.25) is 0 Å². The summed E-state index contributed by atoms with van der Waals surface area (Å²) in [6.07, 6.45) is 5.06. The fourth-order valence-corrected chi connectivity index (χ4v) is 11.3. The zero-order valence-corrected chi connectivity index (χ0v) is 44.8. The predicted octanol–water partition coefficient (Wildman–Crippen LogP) is 20.5. The molecular weight excluding hydrogens is 987 g/mol. The van der Waals surface area contributed by atoms with Crippen LogP contribution in [-0.2, 0) is 0 Å². The summed E-state index contributed by atoms with van der Waals surface area (Å²) in [5, 5.41) is 0. The van der Waals surface area contributed by atoms with Crippen molar-refractivity contribution in [2.45, 2.75) is 0 Å². The van der Waals surface area contributed by atoms with Crippen molar-refractivity contribution in [1.82, 2.24) is 0 Å². The van der Waals surface area contributed by atoms with Crippen LogP contribution in [0.1, 0.15) is 64.6 Å². The Kier molecular flexibility index (Phi) is 15.2. The van der Waals surface area contributed by atoms with Crippen LogP contribution in [0.15, 0.2) is 315 Å². The lowest BCUT2D eigenvalue weighted by Gasteiger charge is -2.26. The first kappa shape index (κ1) is 50.6. The molecule has 0 aliphatic rings. The standard InChI is InChI=1S/C77H55NOS/c79-55-73-54-53-72(80-73)52-33-56-31-46-69(47-32-56)78(70-48-42-59(43-49-70)57-34-38-67(39-35-57)76(65-27-15-5-16-28-65)74(61-19-7-1-8-20-61)62-21-9-2-10-22-62)71-50-44-60(45-51-71)58-36-40-68(41-37-58)77(66-29-17-6-18-30-66)75(63-23-11-3-12-24-63)64-25-13-4-14-26-64/h1-55H/b52-33+. The van der Waals surface area contributed by atoms with Crippen LogP contribution in [-0.4, -0.2) is 6.29 Å². The minimum Gasteiger partial charge on any atom is -0.311 e. The molecule has 0 spiro atoms. The Morgan fingerprint density at radius 1 is 0.250 bits per heavy atom. The largest absolute Gasteiger partial charge is 0.311 e. The van der Waals surface area contributed by atoms with Gasteiger partial charge in [-0.15, -0.1) is 11.3 Å². The Balaban J connectivity index is 0.879. The number of benzene rings is 11. The number of thiophene rings is 1. The van der Waals surface area contributed by atoms with Gasteiger partial charge in [0.1, 0.15) is 0 Å². The average Bonchev–Trinajstić information content (AvgIpc) is 4.11. The SMILES string of the molecule is O=Cc1ccc(/C=C/c2ccc(N(c3ccc(-c4ccc(C(=C(c5ccccc5)c5ccccc5)c5ccccc5)cc4)cc3)c3ccc(-c4ccc(C(=C(c5ccccc5)c5ccccc5)c5ccccc5)cc4)cc3)cc2)s1. The molecule has 380 valence electrons. The minimum atomic E-state index is 0.720. The third-order valence-corrected chi connectivity index (χ3v) is 15.5. The van der Waals surface area contributed by atoms with Crippen LogP contribution in [0, 0.1) is 0 Å². The average molecular weight is 1040 g/mol. The monoisotopic (exact) mass is 1040 g/mol. The van der Waals surface area contributed by atoms with E-state index >= 15 is 0 Å². The molecule has 0 unspecified atom stereocenters. The number of nitrogens with zero attached hydrogens (tertiary/aromatic N) is 1. The molecular formula is C77H55NOS. The molecule has 0 atom stereocenters. The number of hydrogen-bond acceptors (Lipinski definition) is 3. The molecule has 2 nitrogen and oxygen atoms in total. The highest BCUT2D eigenvalue weighted by Gasteiger charge is 2.19. The lowest BCUT2D eigenvalue weighted by atomic mass is 9.85. The Morgan fingerprint density at radius 2 is 0.500 bits per heavy atom. The van der Waals surface area contributed by atoms with Crippen molar-refractivity contribution in [1.29, 1.82) is 0 Å².